The molecule has 2 fully saturated rings. The molecule has 0 radical (unpaired) electrons. The summed E-state index contributed by atoms with van der Waals surface area (Å²) in [7, 11) is 0. The van der Waals surface area contributed by atoms with Crippen LogP contribution in [0.5, 0.6) is 0 Å². The summed E-state index contributed by atoms with van der Waals surface area (Å²) < 4.78 is 19.1. The summed E-state index contributed by atoms with van der Waals surface area (Å²) in [6.07, 6.45) is 6.60. The first-order valence-corrected chi connectivity index (χ1v) is 15.8. The highest BCUT2D eigenvalue weighted by Crippen LogP contribution is 2.40. The topological polar surface area (TPSA) is 146 Å². The highest BCUT2D eigenvalue weighted by molar-refractivity contribution is 5.72. The molecule has 2 aliphatic rings. The molecular weight excluding hydrogens is 575 g/mol. The second kappa shape index (κ2) is 20.9. The molecule has 1 heterocycles. The number of benzene rings is 2. The number of carbonyl (C=O) groups excluding carboxylic acids is 2. The molecule has 0 bridgehead atoms. The minimum absolute atomic E-state index is 0.102. The normalized spacial score (nSPS) is 14.5. The van der Waals surface area contributed by atoms with Crippen molar-refractivity contribution in [2.45, 2.75) is 105 Å². The van der Waals surface area contributed by atoms with E-state index in [1.165, 1.54) is 18.9 Å². The van der Waals surface area contributed by atoms with Crippen LogP contribution in [0.3, 0.4) is 0 Å². The Hall–Kier alpha value is -3.97. The first kappa shape index (κ1) is 41.0. The summed E-state index contributed by atoms with van der Waals surface area (Å²) in [6, 6.07) is 13.9. The first-order valence-electron chi connectivity index (χ1n) is 15.8. The van der Waals surface area contributed by atoms with Crippen LogP contribution in [0.4, 0.5) is 14.9 Å². The number of amides is 2. The van der Waals surface area contributed by atoms with Crippen molar-refractivity contribution in [1.82, 2.24) is 4.90 Å². The minimum Gasteiger partial charge on any atom is -0.481 e. The van der Waals surface area contributed by atoms with Crippen LogP contribution in [0.1, 0.15) is 111 Å². The van der Waals surface area contributed by atoms with Crippen LogP contribution >= 0.6 is 0 Å². The number of hydrogen-bond acceptors (Lipinski definition) is 6. The molecule has 1 saturated heterocycles. The van der Waals surface area contributed by atoms with Crippen molar-refractivity contribution in [3.8, 4) is 6.07 Å². The Morgan fingerprint density at radius 2 is 1.64 bits per heavy atom. The zero-order valence-corrected chi connectivity index (χ0v) is 28.3. The van der Waals surface area contributed by atoms with Crippen molar-refractivity contribution in [1.29, 1.82) is 5.26 Å². The number of nitrogens with zero attached hydrogens (tertiary/aromatic N) is 2. The smallest absolute Gasteiger partial charge is 0.410 e. The molecule has 1 aliphatic carbocycles. The number of nitriles is 1. The molecule has 10 heteroatoms. The molecule has 2 amide bonds. The molecule has 0 spiro atoms. The molecule has 1 unspecified atom stereocenters. The van der Waals surface area contributed by atoms with Gasteiger partial charge >= 0.3 is 6.09 Å². The van der Waals surface area contributed by atoms with Gasteiger partial charge in [0.25, 0.3) is 5.97 Å². The number of aliphatic carboxylic acids is 1. The van der Waals surface area contributed by atoms with Gasteiger partial charge in [0.05, 0.1) is 22.9 Å². The number of hydrogen-bond donors (Lipinski definition) is 3. The lowest BCUT2D eigenvalue weighted by atomic mass is 9.79. The zero-order valence-electron chi connectivity index (χ0n) is 28.3. The van der Waals surface area contributed by atoms with Gasteiger partial charge in [0.15, 0.2) is 0 Å². The van der Waals surface area contributed by atoms with Gasteiger partial charge in [-0.25, -0.2) is 9.18 Å². The quantitative estimate of drug-likeness (QED) is 0.265. The summed E-state index contributed by atoms with van der Waals surface area (Å²) in [5.74, 6) is -0.652. The van der Waals surface area contributed by atoms with Crippen LogP contribution in [-0.2, 0) is 19.9 Å². The number of nitrogens with two attached hydrogens (primary N) is 1. The van der Waals surface area contributed by atoms with E-state index in [2.05, 4.69) is 11.4 Å². The van der Waals surface area contributed by atoms with Gasteiger partial charge in [-0.1, -0.05) is 58.7 Å². The number of anilines is 1. The van der Waals surface area contributed by atoms with Crippen LogP contribution in [-0.4, -0.2) is 47.2 Å². The second-order valence-electron chi connectivity index (χ2n) is 11.3. The number of carboxylic acids is 1. The van der Waals surface area contributed by atoms with E-state index in [0.717, 1.165) is 44.8 Å². The van der Waals surface area contributed by atoms with E-state index in [4.69, 9.17) is 20.4 Å². The van der Waals surface area contributed by atoms with Crippen molar-refractivity contribution in [2.24, 2.45) is 11.7 Å². The van der Waals surface area contributed by atoms with Gasteiger partial charge in [-0.05, 0) is 87.8 Å². The molecule has 4 rings (SSSR count). The molecule has 1 saturated carbocycles. The summed E-state index contributed by atoms with van der Waals surface area (Å²) in [5.41, 5.74) is 7.77. The van der Waals surface area contributed by atoms with Gasteiger partial charge in [0, 0.05) is 20.0 Å². The third-order valence-corrected chi connectivity index (χ3v) is 6.60. The van der Waals surface area contributed by atoms with Crippen LogP contribution in [0.25, 0.3) is 0 Å². The SMILES string of the molecule is CC.CC.CC(=O)O.CC(C)(C)OC(=O)N1CCCC1.N#Cc1cccc(C(N)(CCC2CC2)c2ccc(F)c(NC=O)c2)c1. The molecule has 2 aromatic carbocycles. The molecule has 1 atom stereocenters. The van der Waals surface area contributed by atoms with Crippen LogP contribution in [0, 0.1) is 23.1 Å². The Morgan fingerprint density at radius 3 is 2.13 bits per heavy atom. The van der Waals surface area contributed by atoms with Gasteiger partial charge in [-0.2, -0.15) is 5.26 Å². The third-order valence-electron chi connectivity index (χ3n) is 6.60. The Kier molecular flexibility index (Phi) is 19.0. The largest absolute Gasteiger partial charge is 0.481 e. The van der Waals surface area contributed by atoms with E-state index < -0.39 is 17.3 Å². The predicted molar refractivity (Wildman–Crippen MR) is 177 cm³/mol. The van der Waals surface area contributed by atoms with E-state index in [-0.39, 0.29) is 17.4 Å². The van der Waals surface area contributed by atoms with E-state index >= 15 is 0 Å². The Morgan fingerprint density at radius 1 is 1.09 bits per heavy atom. The predicted octanol–water partition coefficient (Wildman–Crippen LogP) is 7.82. The average molecular weight is 629 g/mol. The minimum atomic E-state index is -0.845. The maximum atomic E-state index is 13.9. The number of carboxylic acid groups (broad SMARTS) is 1. The van der Waals surface area contributed by atoms with Crippen molar-refractivity contribution < 1.29 is 28.6 Å². The molecule has 9 nitrogen and oxygen atoms in total. The van der Waals surface area contributed by atoms with Crippen molar-refractivity contribution in [3.63, 3.8) is 0 Å². The fourth-order valence-electron chi connectivity index (χ4n) is 4.36. The third kappa shape index (κ3) is 15.5. The molecule has 2 aromatic rings. The molecule has 250 valence electrons. The van der Waals surface area contributed by atoms with Gasteiger partial charge in [-0.15, -0.1) is 0 Å². The van der Waals surface area contributed by atoms with Crippen molar-refractivity contribution >= 4 is 24.2 Å². The number of ether oxygens (including phenoxy) is 1. The molecule has 1 aliphatic heterocycles. The fraction of sp³-hybridized carbons (Fsp3) is 0.543. The van der Waals surface area contributed by atoms with Gasteiger partial charge in [0.1, 0.15) is 11.4 Å². The standard InChI is InChI=1S/C20H20FN3O.C9H17NO2.C2H4O2.2C2H6/c21-18-7-6-17(11-19(18)24-13-25)20(23,9-8-14-4-5-14)16-3-1-2-15(10-16)12-22;1-9(2,3)12-8(11)10-6-4-5-7-10;1-2(3)4;2*1-2/h1-3,6-7,10-11,13-14H,4-5,8-9,23H2,(H,24,25);4-7H2,1-3H3;1H3,(H,3,4);2*1-2H3. The van der Waals surface area contributed by atoms with Crippen LogP contribution in [0.2, 0.25) is 0 Å². The summed E-state index contributed by atoms with van der Waals surface area (Å²) in [4.78, 5) is 32.9. The molecule has 0 aromatic heterocycles. The van der Waals surface area contributed by atoms with E-state index in [1.807, 2.05) is 54.5 Å². The van der Waals surface area contributed by atoms with Crippen molar-refractivity contribution in [2.75, 3.05) is 18.4 Å². The summed E-state index contributed by atoms with van der Waals surface area (Å²) in [6.45, 7) is 16.5. The molecule has 45 heavy (non-hydrogen) atoms. The second-order valence-corrected chi connectivity index (χ2v) is 11.3. The van der Waals surface area contributed by atoms with Gasteiger partial charge in [0.2, 0.25) is 6.41 Å². The Bertz CT molecular complexity index is 1230. The van der Waals surface area contributed by atoms with Gasteiger partial charge < -0.3 is 25.8 Å². The highest BCUT2D eigenvalue weighted by atomic mass is 19.1. The Labute approximate surface area is 268 Å². The van der Waals surface area contributed by atoms with Crippen LogP contribution < -0.4 is 11.1 Å². The summed E-state index contributed by atoms with van der Waals surface area (Å²) >= 11 is 0. The van der Waals surface area contributed by atoms with Crippen LogP contribution in [0.15, 0.2) is 42.5 Å². The lowest BCUT2D eigenvalue weighted by molar-refractivity contribution is -0.134. The highest BCUT2D eigenvalue weighted by Gasteiger charge is 2.33. The van der Waals surface area contributed by atoms with E-state index in [0.29, 0.717) is 29.9 Å². The first-order chi connectivity index (χ1) is 21.3. The number of likely N-dealkylation sites (tertiary alicyclic amines) is 1. The molecule has 4 N–H and O–H groups in total. The monoisotopic (exact) mass is 628 g/mol. The maximum Gasteiger partial charge on any atom is 0.410 e. The Balaban J connectivity index is 0.000000807. The number of carbonyl (C=O) groups is 3. The van der Waals surface area contributed by atoms with E-state index in [9.17, 15) is 19.2 Å². The number of halogens is 1. The average Bonchev–Trinajstić information content (AvgIpc) is 3.68. The number of rotatable bonds is 7. The summed E-state index contributed by atoms with van der Waals surface area (Å²) in [5, 5.41) is 19.0. The zero-order chi connectivity index (χ0) is 34.6. The van der Waals surface area contributed by atoms with E-state index in [1.54, 1.807) is 35.2 Å². The van der Waals surface area contributed by atoms with Gasteiger partial charge in [-0.3, -0.25) is 9.59 Å². The lowest BCUT2D eigenvalue weighted by Gasteiger charge is -2.31. The molecular formula is C35H53FN4O5. The number of nitrogens with one attached hydrogen (secondary N) is 1. The van der Waals surface area contributed by atoms with Crippen molar-refractivity contribution in [3.05, 3.63) is 65.0 Å². The lowest BCUT2D eigenvalue weighted by Crippen LogP contribution is -2.38. The fourth-order valence-corrected chi connectivity index (χ4v) is 4.36. The maximum absolute atomic E-state index is 13.9.